The highest BCUT2D eigenvalue weighted by Crippen LogP contribution is 2.39. The zero-order chi connectivity index (χ0) is 25.3. The van der Waals surface area contributed by atoms with Crippen LogP contribution in [0.5, 0.6) is 5.75 Å². The molecule has 190 valence electrons. The number of pyridine rings is 1. The van der Waals surface area contributed by atoms with Gasteiger partial charge in [-0.25, -0.2) is 14.4 Å². The highest BCUT2D eigenvalue weighted by Gasteiger charge is 2.35. The van der Waals surface area contributed by atoms with Gasteiger partial charge in [0.25, 0.3) is 0 Å². The first kappa shape index (κ1) is 24.2. The Hall–Kier alpha value is -3.47. The quantitative estimate of drug-likeness (QED) is 0.342. The van der Waals surface area contributed by atoms with Gasteiger partial charge in [0, 0.05) is 25.2 Å². The number of halogens is 3. The smallest absolute Gasteiger partial charge is 0.419 e. The van der Waals surface area contributed by atoms with Crippen LogP contribution in [0.4, 0.5) is 19.1 Å². The van der Waals surface area contributed by atoms with Gasteiger partial charge in [-0.1, -0.05) is 0 Å². The first-order valence-corrected chi connectivity index (χ1v) is 12.1. The van der Waals surface area contributed by atoms with E-state index in [4.69, 9.17) is 9.72 Å². The van der Waals surface area contributed by atoms with Crippen molar-refractivity contribution in [3.8, 4) is 17.0 Å². The van der Waals surface area contributed by atoms with Crippen LogP contribution in [0.15, 0.2) is 36.5 Å². The first-order valence-electron chi connectivity index (χ1n) is 12.1. The lowest BCUT2D eigenvalue weighted by atomic mass is 10.1. The minimum Gasteiger partial charge on any atom is -0.493 e. The molecule has 4 aromatic rings. The van der Waals surface area contributed by atoms with Crippen molar-refractivity contribution in [2.24, 2.45) is 0 Å². The van der Waals surface area contributed by atoms with Gasteiger partial charge < -0.3 is 14.5 Å². The Labute approximate surface area is 206 Å². The van der Waals surface area contributed by atoms with Crippen LogP contribution in [0.3, 0.4) is 0 Å². The summed E-state index contributed by atoms with van der Waals surface area (Å²) in [5.74, 6) is 0.500. The molecule has 0 unspecified atom stereocenters. The van der Waals surface area contributed by atoms with Crippen LogP contribution in [-0.4, -0.2) is 69.8 Å². The van der Waals surface area contributed by atoms with Crippen LogP contribution in [-0.2, 0) is 6.18 Å². The number of nitrogens with zero attached hydrogens (tertiary/aromatic N) is 7. The van der Waals surface area contributed by atoms with Gasteiger partial charge in [0.05, 0.1) is 24.1 Å². The Bertz CT molecular complexity index is 1360. The van der Waals surface area contributed by atoms with Crippen molar-refractivity contribution in [2.75, 3.05) is 45.2 Å². The maximum atomic E-state index is 13.9. The van der Waals surface area contributed by atoms with Crippen LogP contribution < -0.4 is 9.64 Å². The molecule has 0 bridgehead atoms. The van der Waals surface area contributed by atoms with Gasteiger partial charge in [0.1, 0.15) is 11.3 Å². The summed E-state index contributed by atoms with van der Waals surface area (Å²) in [6.45, 7) is 2.67. The summed E-state index contributed by atoms with van der Waals surface area (Å²) in [7, 11) is 3.82. The van der Waals surface area contributed by atoms with Gasteiger partial charge in [-0.2, -0.15) is 13.2 Å². The molecule has 11 heteroatoms. The summed E-state index contributed by atoms with van der Waals surface area (Å²) < 4.78 is 49.1. The van der Waals surface area contributed by atoms with E-state index in [2.05, 4.69) is 20.1 Å². The van der Waals surface area contributed by atoms with Gasteiger partial charge in [-0.3, -0.25) is 0 Å². The first-order chi connectivity index (χ1) is 17.3. The predicted molar refractivity (Wildman–Crippen MR) is 131 cm³/mol. The fraction of sp³-hybridized carbons (Fsp3) is 0.440. The Morgan fingerprint density at radius 3 is 2.58 bits per heavy atom. The summed E-state index contributed by atoms with van der Waals surface area (Å²) in [6.07, 6.45) is 1.01. The number of alkyl halides is 3. The van der Waals surface area contributed by atoms with Crippen molar-refractivity contribution in [2.45, 2.75) is 31.9 Å². The molecule has 3 aromatic heterocycles. The highest BCUT2D eigenvalue weighted by molar-refractivity contribution is 5.79. The molecule has 1 aliphatic heterocycles. The zero-order valence-corrected chi connectivity index (χ0v) is 20.3. The van der Waals surface area contributed by atoms with Crippen molar-refractivity contribution < 1.29 is 17.9 Å². The topological polar surface area (TPSA) is 71.7 Å². The molecule has 1 aliphatic rings. The van der Waals surface area contributed by atoms with Gasteiger partial charge in [0.15, 0.2) is 11.3 Å². The van der Waals surface area contributed by atoms with Gasteiger partial charge in [0.2, 0.25) is 5.95 Å². The Morgan fingerprint density at radius 1 is 1.03 bits per heavy atom. The third-order valence-corrected chi connectivity index (χ3v) is 6.28. The van der Waals surface area contributed by atoms with E-state index in [1.54, 1.807) is 24.4 Å². The fourth-order valence-corrected chi connectivity index (χ4v) is 4.47. The molecular weight excluding hydrogens is 471 g/mol. The van der Waals surface area contributed by atoms with Gasteiger partial charge in [-0.15, -0.1) is 10.2 Å². The second-order valence-corrected chi connectivity index (χ2v) is 9.25. The number of anilines is 1. The third-order valence-electron chi connectivity index (χ3n) is 6.28. The van der Waals surface area contributed by atoms with Crippen molar-refractivity contribution in [3.05, 3.63) is 42.1 Å². The standard InChI is InChI=1S/C25H28F3N7O/c1-33(2)11-6-14-36-21-10-7-17(15-18(21)25(26,27)28)19-8-9-20-23(30-19)35-22(16-29-20)31-32-24(35)34-12-4-3-5-13-34/h7-10,15-16H,3-6,11-14H2,1-2H3. The molecule has 0 amide bonds. The zero-order valence-electron chi connectivity index (χ0n) is 20.3. The Kier molecular flexibility index (Phi) is 6.65. The van der Waals surface area contributed by atoms with Gasteiger partial charge >= 0.3 is 6.18 Å². The maximum absolute atomic E-state index is 13.9. The molecule has 0 spiro atoms. The summed E-state index contributed by atoms with van der Waals surface area (Å²) in [4.78, 5) is 13.3. The normalized spacial score (nSPS) is 14.8. The molecule has 1 fully saturated rings. The average molecular weight is 500 g/mol. The Morgan fingerprint density at radius 2 is 1.83 bits per heavy atom. The van der Waals surface area contributed by atoms with Gasteiger partial charge in [-0.05, 0) is 70.1 Å². The molecule has 1 saturated heterocycles. The molecule has 36 heavy (non-hydrogen) atoms. The lowest BCUT2D eigenvalue weighted by Crippen LogP contribution is -2.31. The fourth-order valence-electron chi connectivity index (χ4n) is 4.47. The van der Waals surface area contributed by atoms with Crippen LogP contribution in [0.2, 0.25) is 0 Å². The summed E-state index contributed by atoms with van der Waals surface area (Å²) in [5.41, 5.74) is 1.59. The lowest BCUT2D eigenvalue weighted by Gasteiger charge is -2.26. The van der Waals surface area contributed by atoms with E-state index in [1.807, 2.05) is 23.4 Å². The predicted octanol–water partition coefficient (Wildman–Crippen LogP) is 4.68. The molecule has 0 radical (unpaired) electrons. The van der Waals surface area contributed by atoms with Crippen LogP contribution in [0, 0.1) is 0 Å². The van der Waals surface area contributed by atoms with Crippen LogP contribution in [0.1, 0.15) is 31.2 Å². The van der Waals surface area contributed by atoms with Crippen molar-refractivity contribution >= 4 is 22.8 Å². The molecule has 0 atom stereocenters. The number of piperidine rings is 1. The number of hydrogen-bond acceptors (Lipinski definition) is 7. The minimum absolute atomic E-state index is 0.180. The van der Waals surface area contributed by atoms with Crippen molar-refractivity contribution in [1.29, 1.82) is 0 Å². The molecule has 0 saturated carbocycles. The van der Waals surface area contributed by atoms with E-state index in [1.165, 1.54) is 12.5 Å². The van der Waals surface area contributed by atoms with E-state index in [0.29, 0.717) is 40.4 Å². The van der Waals surface area contributed by atoms with E-state index in [0.717, 1.165) is 38.5 Å². The summed E-state index contributed by atoms with van der Waals surface area (Å²) in [5, 5.41) is 8.62. The van der Waals surface area contributed by atoms with Crippen molar-refractivity contribution in [3.63, 3.8) is 0 Å². The average Bonchev–Trinajstić information content (AvgIpc) is 3.31. The van der Waals surface area contributed by atoms with E-state index >= 15 is 0 Å². The number of fused-ring (bicyclic) bond motifs is 3. The molecule has 8 nitrogen and oxygen atoms in total. The summed E-state index contributed by atoms with van der Waals surface area (Å²) >= 11 is 0. The molecular formula is C25H28F3N7O. The molecule has 0 aliphatic carbocycles. The van der Waals surface area contributed by atoms with Crippen LogP contribution in [0.25, 0.3) is 28.1 Å². The minimum atomic E-state index is -4.56. The van der Waals surface area contributed by atoms with Crippen LogP contribution >= 0.6 is 0 Å². The lowest BCUT2D eigenvalue weighted by molar-refractivity contribution is -0.138. The third kappa shape index (κ3) is 4.92. The maximum Gasteiger partial charge on any atom is 0.419 e. The number of aromatic nitrogens is 5. The second-order valence-electron chi connectivity index (χ2n) is 9.25. The highest BCUT2D eigenvalue weighted by atomic mass is 19.4. The monoisotopic (exact) mass is 499 g/mol. The largest absolute Gasteiger partial charge is 0.493 e. The number of ether oxygens (including phenoxy) is 1. The molecule has 1 aromatic carbocycles. The van der Waals surface area contributed by atoms with Crippen molar-refractivity contribution in [1.82, 2.24) is 29.5 Å². The number of benzene rings is 1. The number of hydrogen-bond donors (Lipinski definition) is 0. The summed E-state index contributed by atoms with van der Waals surface area (Å²) in [6, 6.07) is 7.52. The van der Waals surface area contributed by atoms with E-state index in [9.17, 15) is 13.2 Å². The number of rotatable bonds is 7. The van der Waals surface area contributed by atoms with E-state index < -0.39 is 11.7 Å². The second kappa shape index (κ2) is 9.88. The molecule has 0 N–H and O–H groups in total. The SMILES string of the molecule is CN(C)CCCOc1ccc(-c2ccc3ncc4nnc(N5CCCCC5)n4c3n2)cc1C(F)(F)F. The molecule has 5 rings (SSSR count). The molecule has 4 heterocycles. The Balaban J connectivity index is 1.53. The van der Waals surface area contributed by atoms with E-state index in [-0.39, 0.29) is 12.4 Å².